The number of aromatic nitrogens is 2. The molecule has 6 heteroatoms. The van der Waals surface area contributed by atoms with Crippen LogP contribution in [0.15, 0.2) is 66.7 Å². The van der Waals surface area contributed by atoms with E-state index in [9.17, 15) is 9.59 Å². The molecule has 1 heterocycles. The van der Waals surface area contributed by atoms with Crippen molar-refractivity contribution >= 4 is 28.5 Å². The molecule has 0 unspecified atom stereocenters. The molecule has 0 radical (unpaired) electrons. The largest absolute Gasteiger partial charge is 0.348 e. The van der Waals surface area contributed by atoms with Crippen molar-refractivity contribution in [2.24, 2.45) is 0 Å². The molecule has 6 nitrogen and oxygen atoms in total. The molecule has 4 rings (SSSR count). The summed E-state index contributed by atoms with van der Waals surface area (Å²) in [6.45, 7) is 4.36. The number of carbonyl (C=O) groups is 2. The quantitative estimate of drug-likeness (QED) is 0.363. The minimum absolute atomic E-state index is 0.00763. The smallest absolute Gasteiger partial charge is 0.251 e. The van der Waals surface area contributed by atoms with Gasteiger partial charge in [0.2, 0.25) is 5.91 Å². The minimum Gasteiger partial charge on any atom is -0.348 e. The number of nitrogens with one attached hydrogen (secondary N) is 3. The van der Waals surface area contributed by atoms with E-state index in [1.54, 1.807) is 0 Å². The maximum atomic E-state index is 12.6. The van der Waals surface area contributed by atoms with E-state index in [-0.39, 0.29) is 11.8 Å². The predicted molar refractivity (Wildman–Crippen MR) is 131 cm³/mol. The van der Waals surface area contributed by atoms with E-state index < -0.39 is 0 Å². The molecule has 0 aliphatic heterocycles. The number of fused-ring (bicyclic) bond motifs is 1. The van der Waals surface area contributed by atoms with Crippen molar-refractivity contribution in [1.82, 2.24) is 15.3 Å². The molecule has 0 fully saturated rings. The molecule has 168 valence electrons. The molecular formula is C27H28N4O2. The molecular weight excluding hydrogens is 412 g/mol. The van der Waals surface area contributed by atoms with Crippen molar-refractivity contribution < 1.29 is 9.59 Å². The van der Waals surface area contributed by atoms with Crippen LogP contribution in [0, 0.1) is 6.92 Å². The Morgan fingerprint density at radius 3 is 2.52 bits per heavy atom. The Morgan fingerprint density at radius 2 is 1.76 bits per heavy atom. The van der Waals surface area contributed by atoms with Gasteiger partial charge in [0.25, 0.3) is 5.91 Å². The lowest BCUT2D eigenvalue weighted by atomic mass is 10.1. The van der Waals surface area contributed by atoms with Gasteiger partial charge < -0.3 is 15.6 Å². The molecule has 0 saturated heterocycles. The molecule has 33 heavy (non-hydrogen) atoms. The number of amides is 2. The van der Waals surface area contributed by atoms with Crippen molar-refractivity contribution in [3.05, 3.63) is 94.8 Å². The van der Waals surface area contributed by atoms with Gasteiger partial charge in [-0.15, -0.1) is 0 Å². The van der Waals surface area contributed by atoms with Crippen LogP contribution in [0.5, 0.6) is 0 Å². The number of H-pyrrole nitrogens is 1. The van der Waals surface area contributed by atoms with E-state index in [2.05, 4.69) is 26.7 Å². The summed E-state index contributed by atoms with van der Waals surface area (Å²) in [5.74, 6) is 0.781. The lowest BCUT2D eigenvalue weighted by Gasteiger charge is -2.06. The highest BCUT2D eigenvalue weighted by Crippen LogP contribution is 2.17. The highest BCUT2D eigenvalue weighted by atomic mass is 16.2. The Bertz CT molecular complexity index is 1280. The van der Waals surface area contributed by atoms with Gasteiger partial charge in [0.1, 0.15) is 5.82 Å². The third-order valence-electron chi connectivity index (χ3n) is 5.54. The average Bonchev–Trinajstić information content (AvgIpc) is 3.24. The summed E-state index contributed by atoms with van der Waals surface area (Å²) in [6, 6.07) is 21.5. The van der Waals surface area contributed by atoms with Crippen molar-refractivity contribution in [3.63, 3.8) is 0 Å². The number of hydrogen-bond acceptors (Lipinski definition) is 3. The minimum atomic E-state index is -0.107. The van der Waals surface area contributed by atoms with Crippen LogP contribution in [0.2, 0.25) is 0 Å². The normalized spacial score (nSPS) is 10.8. The third-order valence-corrected chi connectivity index (χ3v) is 5.54. The van der Waals surface area contributed by atoms with Crippen molar-refractivity contribution in [3.8, 4) is 0 Å². The number of carbonyl (C=O) groups excluding carboxylic acids is 2. The van der Waals surface area contributed by atoms with Crippen LogP contribution in [0.3, 0.4) is 0 Å². The fraction of sp³-hybridized carbons (Fsp3) is 0.222. The van der Waals surface area contributed by atoms with Gasteiger partial charge in [-0.1, -0.05) is 48.9 Å². The Balaban J connectivity index is 1.36. The van der Waals surface area contributed by atoms with Gasteiger partial charge in [-0.25, -0.2) is 4.98 Å². The standard InChI is InChI=1S/C27H28N4O2/c1-3-26(32)29-22-11-7-19(8-12-22)9-14-25-30-23-13-10-21(16-24(23)31-25)27(33)28-17-20-6-4-5-18(2)15-20/h4-8,10-13,15-16H,3,9,14,17H2,1-2H3,(H,28,33)(H,29,32)(H,30,31). The fourth-order valence-electron chi connectivity index (χ4n) is 3.70. The molecule has 1 aromatic heterocycles. The van der Waals surface area contributed by atoms with E-state index in [1.807, 2.05) is 74.5 Å². The molecule has 0 aliphatic carbocycles. The maximum Gasteiger partial charge on any atom is 0.251 e. The summed E-state index contributed by atoms with van der Waals surface area (Å²) < 4.78 is 0. The van der Waals surface area contributed by atoms with Gasteiger partial charge in [0.05, 0.1) is 11.0 Å². The predicted octanol–water partition coefficient (Wildman–Crippen LogP) is 4.94. The molecule has 0 aliphatic rings. The number of rotatable bonds is 8. The van der Waals surface area contributed by atoms with Crippen molar-refractivity contribution in [2.75, 3.05) is 5.32 Å². The summed E-state index contributed by atoms with van der Waals surface area (Å²) in [4.78, 5) is 32.1. The fourth-order valence-corrected chi connectivity index (χ4v) is 3.70. The zero-order valence-corrected chi connectivity index (χ0v) is 18.9. The van der Waals surface area contributed by atoms with Crippen LogP contribution in [0.1, 0.15) is 46.2 Å². The maximum absolute atomic E-state index is 12.6. The number of nitrogens with zero attached hydrogens (tertiary/aromatic N) is 1. The van der Waals surface area contributed by atoms with Crippen LogP contribution in [0.4, 0.5) is 5.69 Å². The van der Waals surface area contributed by atoms with E-state index >= 15 is 0 Å². The lowest BCUT2D eigenvalue weighted by Crippen LogP contribution is -2.22. The first kappa shape index (κ1) is 22.3. The summed E-state index contributed by atoms with van der Waals surface area (Å²) in [6.07, 6.45) is 2.04. The van der Waals surface area contributed by atoms with Crippen LogP contribution >= 0.6 is 0 Å². The van der Waals surface area contributed by atoms with Gasteiger partial charge in [-0.2, -0.15) is 0 Å². The second kappa shape index (κ2) is 10.1. The van der Waals surface area contributed by atoms with Crippen molar-refractivity contribution in [1.29, 1.82) is 0 Å². The zero-order valence-electron chi connectivity index (χ0n) is 18.9. The van der Waals surface area contributed by atoms with Crippen LogP contribution < -0.4 is 10.6 Å². The third kappa shape index (κ3) is 5.86. The summed E-state index contributed by atoms with van der Waals surface area (Å²) in [5, 5.41) is 5.84. The number of aryl methyl sites for hydroxylation is 3. The van der Waals surface area contributed by atoms with Gasteiger partial charge in [0.15, 0.2) is 0 Å². The first-order valence-electron chi connectivity index (χ1n) is 11.2. The number of imidazole rings is 1. The first-order valence-corrected chi connectivity index (χ1v) is 11.2. The molecule has 0 spiro atoms. The van der Waals surface area contributed by atoms with E-state index in [0.29, 0.717) is 18.5 Å². The molecule has 3 N–H and O–H groups in total. The summed E-state index contributed by atoms with van der Waals surface area (Å²) >= 11 is 0. The number of anilines is 1. The van der Waals surface area contributed by atoms with E-state index in [4.69, 9.17) is 0 Å². The monoisotopic (exact) mass is 440 g/mol. The van der Waals surface area contributed by atoms with E-state index in [0.717, 1.165) is 41.0 Å². The molecule has 0 atom stereocenters. The number of aromatic amines is 1. The van der Waals surface area contributed by atoms with Gasteiger partial charge in [0, 0.05) is 30.6 Å². The molecule has 2 amide bonds. The molecule has 4 aromatic rings. The Hall–Kier alpha value is -3.93. The average molecular weight is 441 g/mol. The van der Waals surface area contributed by atoms with Gasteiger partial charge in [-0.3, -0.25) is 9.59 Å². The van der Waals surface area contributed by atoms with Gasteiger partial charge in [-0.05, 0) is 54.8 Å². The highest BCUT2D eigenvalue weighted by molar-refractivity contribution is 5.97. The topological polar surface area (TPSA) is 86.9 Å². The molecule has 3 aromatic carbocycles. The number of hydrogen-bond donors (Lipinski definition) is 3. The first-order chi connectivity index (χ1) is 16.0. The van der Waals surface area contributed by atoms with Gasteiger partial charge >= 0.3 is 0 Å². The lowest BCUT2D eigenvalue weighted by molar-refractivity contribution is -0.115. The van der Waals surface area contributed by atoms with Crippen LogP contribution in [0.25, 0.3) is 11.0 Å². The van der Waals surface area contributed by atoms with Crippen LogP contribution in [-0.4, -0.2) is 21.8 Å². The van der Waals surface area contributed by atoms with Crippen LogP contribution in [-0.2, 0) is 24.2 Å². The second-order valence-electron chi connectivity index (χ2n) is 8.19. The second-order valence-corrected chi connectivity index (χ2v) is 8.19. The Labute approximate surface area is 193 Å². The molecule has 0 saturated carbocycles. The highest BCUT2D eigenvalue weighted by Gasteiger charge is 2.10. The molecule has 0 bridgehead atoms. The zero-order chi connectivity index (χ0) is 23.2. The Kier molecular flexibility index (Phi) is 6.83. The SMILES string of the molecule is CCC(=O)Nc1ccc(CCc2nc3ccc(C(=O)NCc4cccc(C)c4)cc3[nH]2)cc1. The Morgan fingerprint density at radius 1 is 0.939 bits per heavy atom. The summed E-state index contributed by atoms with van der Waals surface area (Å²) in [5.41, 5.74) is 6.53. The number of benzene rings is 3. The van der Waals surface area contributed by atoms with E-state index in [1.165, 1.54) is 11.1 Å². The summed E-state index contributed by atoms with van der Waals surface area (Å²) in [7, 11) is 0. The van der Waals surface area contributed by atoms with Crippen molar-refractivity contribution in [2.45, 2.75) is 39.7 Å².